The van der Waals surface area contributed by atoms with E-state index < -0.39 is 0 Å². The van der Waals surface area contributed by atoms with Crippen molar-refractivity contribution in [3.63, 3.8) is 0 Å². The molecule has 0 aromatic heterocycles. The maximum absolute atomic E-state index is 13.0. The van der Waals surface area contributed by atoms with E-state index in [-0.39, 0.29) is 18.7 Å². The molecule has 1 atom stereocenters. The highest BCUT2D eigenvalue weighted by Gasteiger charge is 2.34. The molecule has 0 aliphatic carbocycles. The number of fused-ring (bicyclic) bond motifs is 4. The van der Waals surface area contributed by atoms with Crippen LogP contribution in [-0.2, 0) is 11.3 Å². The molecule has 0 unspecified atom stereocenters. The van der Waals surface area contributed by atoms with Crippen LogP contribution in [0.4, 0.5) is 0 Å². The molecule has 2 aromatic rings. The van der Waals surface area contributed by atoms with Crippen molar-refractivity contribution in [3.8, 4) is 23.0 Å². The van der Waals surface area contributed by atoms with Crippen LogP contribution in [0.2, 0.25) is 0 Å². The van der Waals surface area contributed by atoms with E-state index in [1.807, 2.05) is 24.3 Å². The molecule has 0 N–H and O–H groups in total. The van der Waals surface area contributed by atoms with Crippen molar-refractivity contribution in [3.05, 3.63) is 52.8 Å². The van der Waals surface area contributed by atoms with E-state index in [2.05, 4.69) is 4.90 Å². The molecule has 6 rings (SSSR count). The Morgan fingerprint density at radius 3 is 2.87 bits per heavy atom. The van der Waals surface area contributed by atoms with Crippen molar-refractivity contribution in [1.29, 1.82) is 0 Å². The Hall–Kier alpha value is -3.03. The third kappa shape index (κ3) is 3.02. The first-order valence-electron chi connectivity index (χ1n) is 10.2. The number of nitrogens with zero attached hydrogens (tertiary/aromatic N) is 1. The maximum Gasteiger partial charge on any atom is 0.231 e. The molecule has 4 aliphatic heterocycles. The van der Waals surface area contributed by atoms with E-state index in [0.29, 0.717) is 41.8 Å². The number of Topliss-reactive ketones (excluding diaryl/α,β-unsaturated/α-hetero) is 1. The second-order valence-electron chi connectivity index (χ2n) is 7.89. The lowest BCUT2D eigenvalue weighted by Gasteiger charge is -2.31. The number of carbonyl (C=O) groups is 1. The van der Waals surface area contributed by atoms with Gasteiger partial charge in [0, 0.05) is 19.7 Å². The molecule has 7 heteroatoms. The van der Waals surface area contributed by atoms with E-state index in [9.17, 15) is 4.79 Å². The Morgan fingerprint density at radius 2 is 1.97 bits per heavy atom. The number of benzene rings is 2. The molecule has 0 radical (unpaired) electrons. The standard InChI is InChI=1S/C23H21NO6/c25-22-16-4-6-18-17(11-24(12-27-18)10-15-2-1-7-26-15)23(16)30-21(22)9-14-3-5-19-20(8-14)29-13-28-19/h3-6,8-9,15H,1-2,7,10-13H2/b21-9-/t15-/m1/s1. The second kappa shape index (κ2) is 7.04. The second-order valence-corrected chi connectivity index (χ2v) is 7.89. The van der Waals surface area contributed by atoms with Crippen molar-refractivity contribution in [1.82, 2.24) is 4.90 Å². The first kappa shape index (κ1) is 17.8. The Balaban J connectivity index is 1.27. The predicted molar refractivity (Wildman–Crippen MR) is 107 cm³/mol. The van der Waals surface area contributed by atoms with E-state index in [4.69, 9.17) is 23.7 Å². The minimum atomic E-state index is -0.123. The van der Waals surface area contributed by atoms with Gasteiger partial charge in [0.05, 0.1) is 17.2 Å². The number of ether oxygens (including phenoxy) is 5. The van der Waals surface area contributed by atoms with Crippen molar-refractivity contribution in [2.45, 2.75) is 25.5 Å². The predicted octanol–water partition coefficient (Wildman–Crippen LogP) is 3.36. The van der Waals surface area contributed by atoms with Gasteiger partial charge in [0.1, 0.15) is 18.2 Å². The van der Waals surface area contributed by atoms with Crippen LogP contribution in [0.1, 0.15) is 34.3 Å². The summed E-state index contributed by atoms with van der Waals surface area (Å²) in [5.74, 6) is 2.92. The van der Waals surface area contributed by atoms with Crippen LogP contribution in [0.5, 0.6) is 23.0 Å². The van der Waals surface area contributed by atoms with Gasteiger partial charge in [0.15, 0.2) is 17.3 Å². The molecule has 1 fully saturated rings. The zero-order valence-corrected chi connectivity index (χ0v) is 16.4. The summed E-state index contributed by atoms with van der Waals surface area (Å²) in [5, 5.41) is 0. The van der Waals surface area contributed by atoms with Crippen LogP contribution in [0.3, 0.4) is 0 Å². The number of rotatable bonds is 3. The summed E-state index contributed by atoms with van der Waals surface area (Å²) in [6.07, 6.45) is 4.17. The van der Waals surface area contributed by atoms with Gasteiger partial charge >= 0.3 is 0 Å². The summed E-state index contributed by atoms with van der Waals surface area (Å²) in [6.45, 7) is 3.04. The molecule has 4 aliphatic rings. The fourth-order valence-corrected chi connectivity index (χ4v) is 4.35. The van der Waals surface area contributed by atoms with Crippen LogP contribution >= 0.6 is 0 Å². The smallest absolute Gasteiger partial charge is 0.231 e. The topological polar surface area (TPSA) is 66.5 Å². The fraction of sp³-hybridized carbons (Fsp3) is 0.348. The SMILES string of the molecule is O=C1/C(=C/c2ccc3c(c2)OCO3)Oc2c1ccc1c2CN(C[C@H]2CCCO2)CO1. The number of hydrogen-bond donors (Lipinski definition) is 0. The minimum absolute atomic E-state index is 0.123. The first-order chi connectivity index (χ1) is 14.7. The number of carbonyl (C=O) groups excluding carboxylic acids is 1. The average Bonchev–Trinajstić information content (AvgIpc) is 3.50. The van der Waals surface area contributed by atoms with Gasteiger partial charge in [-0.1, -0.05) is 6.07 Å². The van der Waals surface area contributed by atoms with E-state index >= 15 is 0 Å². The molecular weight excluding hydrogens is 386 g/mol. The van der Waals surface area contributed by atoms with Crippen molar-refractivity contribution in [2.75, 3.05) is 26.7 Å². The van der Waals surface area contributed by atoms with E-state index in [1.54, 1.807) is 12.1 Å². The lowest BCUT2D eigenvalue weighted by molar-refractivity contribution is 0.0274. The summed E-state index contributed by atoms with van der Waals surface area (Å²) in [6, 6.07) is 9.20. The average molecular weight is 407 g/mol. The Bertz CT molecular complexity index is 1060. The fourth-order valence-electron chi connectivity index (χ4n) is 4.35. The highest BCUT2D eigenvalue weighted by atomic mass is 16.7. The highest BCUT2D eigenvalue weighted by Crippen LogP contribution is 2.42. The monoisotopic (exact) mass is 407 g/mol. The summed E-state index contributed by atoms with van der Waals surface area (Å²) < 4.78 is 28.5. The molecule has 4 heterocycles. The zero-order valence-electron chi connectivity index (χ0n) is 16.4. The molecular formula is C23H21NO6. The first-order valence-corrected chi connectivity index (χ1v) is 10.2. The Kier molecular flexibility index (Phi) is 4.17. The van der Waals surface area contributed by atoms with Gasteiger partial charge in [-0.3, -0.25) is 9.69 Å². The van der Waals surface area contributed by atoms with Crippen LogP contribution in [0, 0.1) is 0 Å². The number of ketones is 1. The van der Waals surface area contributed by atoms with Crippen molar-refractivity contribution < 1.29 is 28.5 Å². The molecule has 7 nitrogen and oxygen atoms in total. The number of hydrogen-bond acceptors (Lipinski definition) is 7. The third-order valence-electron chi connectivity index (χ3n) is 5.86. The summed E-state index contributed by atoms with van der Waals surface area (Å²) in [7, 11) is 0. The molecule has 30 heavy (non-hydrogen) atoms. The minimum Gasteiger partial charge on any atom is -0.478 e. The summed E-state index contributed by atoms with van der Waals surface area (Å²) in [4.78, 5) is 15.2. The highest BCUT2D eigenvalue weighted by molar-refractivity contribution is 6.15. The summed E-state index contributed by atoms with van der Waals surface area (Å²) >= 11 is 0. The van der Waals surface area contributed by atoms with E-state index in [0.717, 1.165) is 42.9 Å². The van der Waals surface area contributed by atoms with Gasteiger partial charge in [-0.25, -0.2) is 0 Å². The summed E-state index contributed by atoms with van der Waals surface area (Å²) in [5.41, 5.74) is 2.31. The van der Waals surface area contributed by atoms with Gasteiger partial charge in [-0.15, -0.1) is 0 Å². The van der Waals surface area contributed by atoms with Crippen LogP contribution in [-0.4, -0.2) is 43.5 Å². The third-order valence-corrected chi connectivity index (χ3v) is 5.86. The number of allylic oxidation sites excluding steroid dienone is 1. The molecule has 2 aromatic carbocycles. The maximum atomic E-state index is 13.0. The van der Waals surface area contributed by atoms with E-state index in [1.165, 1.54) is 0 Å². The molecule has 0 saturated carbocycles. The van der Waals surface area contributed by atoms with Crippen molar-refractivity contribution >= 4 is 11.9 Å². The van der Waals surface area contributed by atoms with Crippen LogP contribution in [0.15, 0.2) is 36.1 Å². The van der Waals surface area contributed by atoms with Gasteiger partial charge < -0.3 is 23.7 Å². The molecule has 0 spiro atoms. The van der Waals surface area contributed by atoms with Gasteiger partial charge in [-0.2, -0.15) is 0 Å². The van der Waals surface area contributed by atoms with Crippen LogP contribution < -0.4 is 18.9 Å². The van der Waals surface area contributed by atoms with Gasteiger partial charge in [0.2, 0.25) is 12.6 Å². The van der Waals surface area contributed by atoms with Gasteiger partial charge in [0.25, 0.3) is 0 Å². The Labute approximate surface area is 173 Å². The van der Waals surface area contributed by atoms with Gasteiger partial charge in [-0.05, 0) is 48.7 Å². The van der Waals surface area contributed by atoms with Crippen LogP contribution in [0.25, 0.3) is 6.08 Å². The molecule has 154 valence electrons. The Morgan fingerprint density at radius 1 is 1.07 bits per heavy atom. The zero-order chi connectivity index (χ0) is 20.1. The normalized spacial score (nSPS) is 23.3. The molecule has 0 amide bonds. The lowest BCUT2D eigenvalue weighted by Crippen LogP contribution is -2.37. The largest absolute Gasteiger partial charge is 0.478 e. The molecule has 0 bridgehead atoms. The quantitative estimate of drug-likeness (QED) is 0.723. The van der Waals surface area contributed by atoms with Crippen molar-refractivity contribution in [2.24, 2.45) is 0 Å². The molecule has 1 saturated heterocycles. The lowest BCUT2D eigenvalue weighted by atomic mass is 10.0.